The molecule has 2 N–H and O–H groups in total. The maximum Gasteiger partial charge on any atom is 0.284 e. The summed E-state index contributed by atoms with van der Waals surface area (Å²) in [6, 6.07) is 11.2. The van der Waals surface area contributed by atoms with Crippen molar-refractivity contribution in [3.63, 3.8) is 0 Å². The van der Waals surface area contributed by atoms with Gasteiger partial charge in [0, 0.05) is 31.3 Å². The summed E-state index contributed by atoms with van der Waals surface area (Å²) < 4.78 is 54.9. The van der Waals surface area contributed by atoms with E-state index < -0.39 is 26.0 Å². The third-order valence-electron chi connectivity index (χ3n) is 4.65. The average Bonchev–Trinajstić information content (AvgIpc) is 3.12. The second kappa shape index (κ2) is 8.54. The van der Waals surface area contributed by atoms with Gasteiger partial charge in [-0.05, 0) is 55.9 Å². The fraction of sp³-hybridized carbons (Fsp3) is 0.263. The highest BCUT2D eigenvalue weighted by atomic mass is 32.2. The lowest BCUT2D eigenvalue weighted by Crippen LogP contribution is -2.20. The quantitative estimate of drug-likeness (QED) is 0.690. The van der Waals surface area contributed by atoms with Gasteiger partial charge in [-0.15, -0.1) is 4.40 Å². The van der Waals surface area contributed by atoms with E-state index in [1.807, 2.05) is 0 Å². The van der Waals surface area contributed by atoms with Crippen molar-refractivity contribution in [3.05, 3.63) is 54.1 Å². The Morgan fingerprint density at radius 2 is 1.73 bits per heavy atom. The molecule has 2 aromatic rings. The van der Waals surface area contributed by atoms with Crippen molar-refractivity contribution in [2.24, 2.45) is 4.40 Å². The number of rotatable bonds is 6. The van der Waals surface area contributed by atoms with Crippen LogP contribution in [-0.4, -0.2) is 54.1 Å². The van der Waals surface area contributed by atoms with Crippen LogP contribution in [-0.2, 0) is 20.0 Å². The molecule has 0 aliphatic carbocycles. The number of carbonyl (C=O) groups is 1. The molecule has 9 nitrogen and oxygen atoms in total. The second-order valence-corrected chi connectivity index (χ2v) is 10.2. The van der Waals surface area contributed by atoms with E-state index in [2.05, 4.69) is 14.4 Å². The molecule has 0 spiro atoms. The van der Waals surface area contributed by atoms with Gasteiger partial charge in [0.15, 0.2) is 0 Å². The average molecular weight is 451 g/mol. The molecule has 1 aliphatic rings. The maximum atomic E-state index is 12.6. The number of hydrogen-bond acceptors (Lipinski definition) is 5. The van der Waals surface area contributed by atoms with E-state index >= 15 is 0 Å². The molecule has 1 aliphatic heterocycles. The number of amides is 1. The number of benzene rings is 2. The van der Waals surface area contributed by atoms with Crippen LogP contribution < -0.4 is 10.0 Å². The number of likely N-dealkylation sites (tertiary alicyclic amines) is 1. The van der Waals surface area contributed by atoms with E-state index in [4.69, 9.17) is 0 Å². The molecule has 1 heterocycles. The normalized spacial score (nSPS) is 16.1. The molecular formula is C19H22N4O5S2. The van der Waals surface area contributed by atoms with Gasteiger partial charge in [-0.25, -0.2) is 13.1 Å². The zero-order valence-corrected chi connectivity index (χ0v) is 18.1. The van der Waals surface area contributed by atoms with E-state index in [9.17, 15) is 21.6 Å². The summed E-state index contributed by atoms with van der Waals surface area (Å²) in [6.45, 7) is 0.763. The Morgan fingerprint density at radius 3 is 2.33 bits per heavy atom. The van der Waals surface area contributed by atoms with Crippen molar-refractivity contribution < 1.29 is 21.6 Å². The molecule has 0 saturated carbocycles. The SMILES string of the molecule is CNS(=O)(=O)c1ccc(C(=O)Nc2cccc(S(=O)(=O)N=C3CCCN3C)c2)cc1. The fourth-order valence-corrected chi connectivity index (χ4v) is 4.81. The van der Waals surface area contributed by atoms with Crippen molar-refractivity contribution in [3.8, 4) is 0 Å². The lowest BCUT2D eigenvalue weighted by molar-refractivity contribution is 0.102. The van der Waals surface area contributed by atoms with Crippen molar-refractivity contribution >= 4 is 37.5 Å². The fourth-order valence-electron chi connectivity index (χ4n) is 2.94. The van der Waals surface area contributed by atoms with Crippen LogP contribution in [0.3, 0.4) is 0 Å². The summed E-state index contributed by atoms with van der Waals surface area (Å²) >= 11 is 0. The number of sulfonamides is 2. The Morgan fingerprint density at radius 1 is 1.03 bits per heavy atom. The molecule has 1 saturated heterocycles. The first kappa shape index (κ1) is 21.9. The first-order chi connectivity index (χ1) is 14.1. The third-order valence-corrected chi connectivity index (χ3v) is 7.38. The second-order valence-electron chi connectivity index (χ2n) is 6.72. The zero-order chi connectivity index (χ0) is 21.9. The van der Waals surface area contributed by atoms with Gasteiger partial charge in [0.2, 0.25) is 10.0 Å². The van der Waals surface area contributed by atoms with Gasteiger partial charge in [0.1, 0.15) is 5.84 Å². The smallest absolute Gasteiger partial charge is 0.284 e. The molecule has 0 radical (unpaired) electrons. The van der Waals surface area contributed by atoms with Gasteiger partial charge >= 0.3 is 0 Å². The van der Waals surface area contributed by atoms with Crippen molar-refractivity contribution in [1.82, 2.24) is 9.62 Å². The highest BCUT2D eigenvalue weighted by molar-refractivity contribution is 7.90. The van der Waals surface area contributed by atoms with Crippen LogP contribution in [0, 0.1) is 0 Å². The lowest BCUT2D eigenvalue weighted by Gasteiger charge is -2.11. The van der Waals surface area contributed by atoms with Gasteiger partial charge in [-0.2, -0.15) is 8.42 Å². The first-order valence-electron chi connectivity index (χ1n) is 9.12. The molecule has 11 heteroatoms. The minimum absolute atomic E-state index is 0.0245. The Balaban J connectivity index is 1.79. The minimum Gasteiger partial charge on any atom is -0.362 e. The molecule has 0 atom stereocenters. The highest BCUT2D eigenvalue weighted by Crippen LogP contribution is 2.21. The summed E-state index contributed by atoms with van der Waals surface area (Å²) in [5.74, 6) is 0.0147. The number of anilines is 1. The predicted octanol–water partition coefficient (Wildman–Crippen LogP) is 1.66. The van der Waals surface area contributed by atoms with Crippen LogP contribution in [0.25, 0.3) is 0 Å². The van der Waals surface area contributed by atoms with E-state index in [1.165, 1.54) is 49.5 Å². The van der Waals surface area contributed by atoms with Gasteiger partial charge in [0.25, 0.3) is 15.9 Å². The molecule has 0 aromatic heterocycles. The van der Waals surface area contributed by atoms with Gasteiger partial charge in [-0.3, -0.25) is 4.79 Å². The molecular weight excluding hydrogens is 428 g/mol. The monoisotopic (exact) mass is 450 g/mol. The Labute approximate surface area is 175 Å². The van der Waals surface area contributed by atoms with Crippen LogP contribution >= 0.6 is 0 Å². The van der Waals surface area contributed by atoms with E-state index in [-0.39, 0.29) is 21.0 Å². The van der Waals surface area contributed by atoms with Crippen molar-refractivity contribution in [2.45, 2.75) is 22.6 Å². The summed E-state index contributed by atoms with van der Waals surface area (Å²) in [5.41, 5.74) is 0.513. The predicted molar refractivity (Wildman–Crippen MR) is 114 cm³/mol. The highest BCUT2D eigenvalue weighted by Gasteiger charge is 2.21. The first-order valence-corrected chi connectivity index (χ1v) is 12.0. The van der Waals surface area contributed by atoms with Crippen LogP contribution in [0.1, 0.15) is 23.2 Å². The van der Waals surface area contributed by atoms with Gasteiger partial charge < -0.3 is 10.2 Å². The lowest BCUT2D eigenvalue weighted by atomic mass is 10.2. The number of hydrogen-bond donors (Lipinski definition) is 2. The molecule has 0 bridgehead atoms. The largest absolute Gasteiger partial charge is 0.362 e. The van der Waals surface area contributed by atoms with Crippen molar-refractivity contribution in [1.29, 1.82) is 0 Å². The molecule has 1 fully saturated rings. The number of nitrogens with zero attached hydrogens (tertiary/aromatic N) is 2. The summed E-state index contributed by atoms with van der Waals surface area (Å²) in [6.07, 6.45) is 1.46. The Kier molecular flexibility index (Phi) is 6.25. The molecule has 2 aromatic carbocycles. The maximum absolute atomic E-state index is 12.6. The summed E-state index contributed by atoms with van der Waals surface area (Å²) in [7, 11) is -4.41. The third kappa shape index (κ3) is 4.86. The van der Waals surface area contributed by atoms with Crippen LogP contribution in [0.5, 0.6) is 0 Å². The van der Waals surface area contributed by atoms with Crippen LogP contribution in [0.4, 0.5) is 5.69 Å². The molecule has 30 heavy (non-hydrogen) atoms. The van der Waals surface area contributed by atoms with Crippen molar-refractivity contribution in [2.75, 3.05) is 26.0 Å². The summed E-state index contributed by atoms with van der Waals surface area (Å²) in [4.78, 5) is 14.3. The molecule has 1 amide bonds. The summed E-state index contributed by atoms with van der Waals surface area (Å²) in [5, 5.41) is 2.62. The van der Waals surface area contributed by atoms with Gasteiger partial charge in [-0.1, -0.05) is 6.07 Å². The standard InChI is InChI=1S/C19H22N4O5S2/c1-20-29(25,26)16-10-8-14(9-11-16)19(24)21-15-5-3-6-17(13-15)30(27,28)22-18-7-4-12-23(18)2/h3,5-6,8-11,13,20H,4,7,12H2,1-2H3,(H,21,24). The van der Waals surface area contributed by atoms with E-state index in [1.54, 1.807) is 18.0 Å². The number of nitrogens with one attached hydrogen (secondary N) is 2. The zero-order valence-electron chi connectivity index (χ0n) is 16.5. The van der Waals surface area contributed by atoms with Gasteiger partial charge in [0.05, 0.1) is 9.79 Å². The number of carbonyl (C=O) groups excluding carboxylic acids is 1. The Bertz CT molecular complexity index is 1190. The van der Waals surface area contributed by atoms with E-state index in [0.29, 0.717) is 12.3 Å². The minimum atomic E-state index is -3.90. The topological polar surface area (TPSA) is 125 Å². The van der Waals surface area contributed by atoms with Crippen LogP contribution in [0.15, 0.2) is 62.7 Å². The molecule has 160 valence electrons. The van der Waals surface area contributed by atoms with Crippen LogP contribution in [0.2, 0.25) is 0 Å². The van der Waals surface area contributed by atoms with E-state index in [0.717, 1.165) is 13.0 Å². The number of amidine groups is 1. The Hall–Kier alpha value is -2.76. The molecule has 0 unspecified atom stereocenters. The molecule has 3 rings (SSSR count).